The topological polar surface area (TPSA) is 24.9 Å². The summed E-state index contributed by atoms with van der Waals surface area (Å²) in [7, 11) is 0. The molecule has 19 heavy (non-hydrogen) atoms. The van der Waals surface area contributed by atoms with Crippen molar-refractivity contribution in [2.45, 2.75) is 39.5 Å². The van der Waals surface area contributed by atoms with Crippen LogP contribution in [0.1, 0.15) is 36.6 Å². The first kappa shape index (κ1) is 12.4. The van der Waals surface area contributed by atoms with E-state index in [1.165, 1.54) is 11.3 Å². The number of hydrogen-bond acceptors (Lipinski definition) is 2. The lowest BCUT2D eigenvalue weighted by Crippen LogP contribution is -2.06. The third-order valence-electron chi connectivity index (χ3n) is 3.82. The van der Waals surface area contributed by atoms with Crippen LogP contribution in [0.25, 0.3) is 10.9 Å². The molecular weight excluding hydrogens is 239 g/mol. The van der Waals surface area contributed by atoms with Crippen LogP contribution in [0.3, 0.4) is 0 Å². The van der Waals surface area contributed by atoms with Crippen molar-refractivity contribution >= 4 is 16.6 Å². The molecule has 2 aromatic rings. The van der Waals surface area contributed by atoms with E-state index in [4.69, 9.17) is 4.98 Å². The molecule has 2 nitrogen and oxygen atoms in total. The van der Waals surface area contributed by atoms with E-state index in [9.17, 15) is 4.39 Å². The number of nitrogens with zero attached hydrogens (tertiary/aromatic N) is 1. The first-order valence-electron chi connectivity index (χ1n) is 7.06. The monoisotopic (exact) mass is 258 g/mol. The standard InChI is InChI=1S/C16H19FN2/c1-3-7-18-16-12-5-4-6-14(12)19-15-10(2)8-11(17)9-13(15)16/h8-9H,3-7H2,1-2H3,(H,18,19). The van der Waals surface area contributed by atoms with Gasteiger partial charge in [0, 0.05) is 23.3 Å². The second kappa shape index (κ2) is 4.80. The Morgan fingerprint density at radius 2 is 2.16 bits per heavy atom. The Bertz CT molecular complexity index is 634. The lowest BCUT2D eigenvalue weighted by Gasteiger charge is -2.15. The molecule has 0 amide bonds. The quantitative estimate of drug-likeness (QED) is 0.900. The van der Waals surface area contributed by atoms with Gasteiger partial charge in [-0.1, -0.05) is 6.92 Å². The minimum absolute atomic E-state index is 0.177. The van der Waals surface area contributed by atoms with Crippen molar-refractivity contribution in [3.8, 4) is 0 Å². The van der Waals surface area contributed by atoms with Gasteiger partial charge in [0.25, 0.3) is 0 Å². The van der Waals surface area contributed by atoms with Crippen LogP contribution >= 0.6 is 0 Å². The first-order chi connectivity index (χ1) is 9.20. The van der Waals surface area contributed by atoms with Crippen molar-refractivity contribution in [1.82, 2.24) is 4.98 Å². The zero-order valence-electron chi connectivity index (χ0n) is 11.5. The number of pyridine rings is 1. The molecule has 0 radical (unpaired) electrons. The fraction of sp³-hybridized carbons (Fsp3) is 0.438. The Labute approximate surface area is 113 Å². The molecule has 0 saturated carbocycles. The van der Waals surface area contributed by atoms with Gasteiger partial charge >= 0.3 is 0 Å². The number of benzene rings is 1. The molecule has 1 aliphatic carbocycles. The highest BCUT2D eigenvalue weighted by molar-refractivity contribution is 5.95. The highest BCUT2D eigenvalue weighted by atomic mass is 19.1. The highest BCUT2D eigenvalue weighted by Gasteiger charge is 2.20. The van der Waals surface area contributed by atoms with Crippen LogP contribution < -0.4 is 5.32 Å². The maximum absolute atomic E-state index is 13.7. The average molecular weight is 258 g/mol. The van der Waals surface area contributed by atoms with Gasteiger partial charge < -0.3 is 5.32 Å². The first-order valence-corrected chi connectivity index (χ1v) is 7.06. The van der Waals surface area contributed by atoms with E-state index < -0.39 is 0 Å². The summed E-state index contributed by atoms with van der Waals surface area (Å²) in [5.41, 5.74) is 5.47. The molecule has 1 aromatic carbocycles. The van der Waals surface area contributed by atoms with E-state index in [2.05, 4.69) is 12.2 Å². The highest BCUT2D eigenvalue weighted by Crippen LogP contribution is 2.35. The molecule has 0 aliphatic heterocycles. The molecule has 1 heterocycles. The summed E-state index contributed by atoms with van der Waals surface area (Å²) in [6, 6.07) is 3.19. The number of nitrogens with one attached hydrogen (secondary N) is 1. The summed E-state index contributed by atoms with van der Waals surface area (Å²) in [5.74, 6) is -0.177. The van der Waals surface area contributed by atoms with E-state index in [0.717, 1.165) is 54.4 Å². The molecule has 1 N–H and O–H groups in total. The van der Waals surface area contributed by atoms with Gasteiger partial charge in [0.2, 0.25) is 0 Å². The number of rotatable bonds is 3. The third-order valence-corrected chi connectivity index (χ3v) is 3.82. The Balaban J connectivity index is 2.28. The molecule has 1 aliphatic rings. The molecule has 0 spiro atoms. The van der Waals surface area contributed by atoms with Gasteiger partial charge in [0.1, 0.15) is 5.82 Å². The molecular formula is C16H19FN2. The van der Waals surface area contributed by atoms with Crippen LogP contribution in [-0.4, -0.2) is 11.5 Å². The lowest BCUT2D eigenvalue weighted by atomic mass is 10.0. The van der Waals surface area contributed by atoms with Gasteiger partial charge in [-0.25, -0.2) is 4.39 Å². The number of aromatic nitrogens is 1. The van der Waals surface area contributed by atoms with Gasteiger partial charge in [0.05, 0.1) is 5.52 Å². The number of halogens is 1. The van der Waals surface area contributed by atoms with Crippen molar-refractivity contribution in [3.63, 3.8) is 0 Å². The summed E-state index contributed by atoms with van der Waals surface area (Å²) in [6.45, 7) is 4.99. The van der Waals surface area contributed by atoms with E-state index in [1.807, 2.05) is 6.92 Å². The Morgan fingerprint density at radius 3 is 2.95 bits per heavy atom. The van der Waals surface area contributed by atoms with Crippen LogP contribution in [-0.2, 0) is 12.8 Å². The number of hydrogen-bond donors (Lipinski definition) is 1. The zero-order valence-corrected chi connectivity index (χ0v) is 11.5. The number of fused-ring (bicyclic) bond motifs is 2. The summed E-state index contributed by atoms with van der Waals surface area (Å²) in [4.78, 5) is 4.76. The SMILES string of the molecule is CCCNc1c2c(nc3c(C)cc(F)cc13)CCC2. The smallest absolute Gasteiger partial charge is 0.124 e. The maximum atomic E-state index is 13.7. The van der Waals surface area contributed by atoms with Crippen LogP contribution in [0.5, 0.6) is 0 Å². The van der Waals surface area contributed by atoms with Gasteiger partial charge in [-0.3, -0.25) is 4.98 Å². The van der Waals surface area contributed by atoms with Gasteiger partial charge in [-0.05, 0) is 55.9 Å². The molecule has 0 unspecified atom stereocenters. The van der Waals surface area contributed by atoms with Crippen molar-refractivity contribution in [3.05, 3.63) is 34.8 Å². The molecule has 1 aromatic heterocycles. The van der Waals surface area contributed by atoms with Gasteiger partial charge in [-0.15, -0.1) is 0 Å². The largest absolute Gasteiger partial charge is 0.384 e. The molecule has 100 valence electrons. The average Bonchev–Trinajstić information content (AvgIpc) is 2.83. The molecule has 3 heteroatoms. The zero-order chi connectivity index (χ0) is 13.4. The minimum atomic E-state index is -0.177. The van der Waals surface area contributed by atoms with Crippen LogP contribution in [0, 0.1) is 12.7 Å². The fourth-order valence-corrected chi connectivity index (χ4v) is 2.94. The van der Waals surface area contributed by atoms with Crippen molar-refractivity contribution in [1.29, 1.82) is 0 Å². The van der Waals surface area contributed by atoms with Crippen molar-refractivity contribution < 1.29 is 4.39 Å². The summed E-state index contributed by atoms with van der Waals surface area (Å²) in [5, 5.41) is 4.42. The lowest BCUT2D eigenvalue weighted by molar-refractivity contribution is 0.628. The Kier molecular flexibility index (Phi) is 3.13. The minimum Gasteiger partial charge on any atom is -0.384 e. The molecule has 0 atom stereocenters. The van der Waals surface area contributed by atoms with Crippen LogP contribution in [0.4, 0.5) is 10.1 Å². The van der Waals surface area contributed by atoms with Crippen molar-refractivity contribution in [2.75, 3.05) is 11.9 Å². The second-order valence-corrected chi connectivity index (χ2v) is 5.31. The molecule has 0 bridgehead atoms. The fourth-order valence-electron chi connectivity index (χ4n) is 2.94. The van der Waals surface area contributed by atoms with Crippen molar-refractivity contribution in [2.24, 2.45) is 0 Å². The second-order valence-electron chi connectivity index (χ2n) is 5.31. The van der Waals surface area contributed by atoms with Gasteiger partial charge in [-0.2, -0.15) is 0 Å². The molecule has 0 fully saturated rings. The summed E-state index contributed by atoms with van der Waals surface area (Å²) >= 11 is 0. The van der Waals surface area contributed by atoms with E-state index in [1.54, 1.807) is 12.1 Å². The Hall–Kier alpha value is -1.64. The van der Waals surface area contributed by atoms with Gasteiger partial charge in [0.15, 0.2) is 0 Å². The third kappa shape index (κ3) is 2.07. The van der Waals surface area contributed by atoms with E-state index >= 15 is 0 Å². The predicted molar refractivity (Wildman–Crippen MR) is 77.2 cm³/mol. The number of aryl methyl sites for hydroxylation is 2. The van der Waals surface area contributed by atoms with E-state index in [0.29, 0.717) is 0 Å². The maximum Gasteiger partial charge on any atom is 0.124 e. The molecule has 3 rings (SSSR count). The normalized spacial score (nSPS) is 13.8. The number of anilines is 1. The van der Waals surface area contributed by atoms with Crippen LogP contribution in [0.15, 0.2) is 12.1 Å². The summed E-state index contributed by atoms with van der Waals surface area (Å²) in [6.07, 6.45) is 4.32. The van der Waals surface area contributed by atoms with E-state index in [-0.39, 0.29) is 5.82 Å². The predicted octanol–water partition coefficient (Wildman–Crippen LogP) is 3.99. The Morgan fingerprint density at radius 1 is 1.32 bits per heavy atom. The summed E-state index contributed by atoms with van der Waals surface area (Å²) < 4.78 is 13.7. The molecule has 0 saturated heterocycles. The van der Waals surface area contributed by atoms with Crippen LogP contribution in [0.2, 0.25) is 0 Å².